The Bertz CT molecular complexity index is 919. The number of nitrogens with one attached hydrogen (secondary N) is 1. The van der Waals surface area contributed by atoms with Gasteiger partial charge in [0.05, 0.1) is 29.6 Å². The van der Waals surface area contributed by atoms with E-state index >= 15 is 0 Å². The second-order valence-corrected chi connectivity index (χ2v) is 6.47. The zero-order valence-electron chi connectivity index (χ0n) is 14.7. The summed E-state index contributed by atoms with van der Waals surface area (Å²) < 4.78 is 7.37. The molecule has 1 heterocycles. The number of aromatic nitrogens is 2. The highest BCUT2D eigenvalue weighted by Gasteiger charge is 2.09. The molecule has 0 bridgehead atoms. The Hall–Kier alpha value is -2.80. The summed E-state index contributed by atoms with van der Waals surface area (Å²) in [6, 6.07) is 15.4. The second-order valence-electron chi connectivity index (χ2n) is 5.53. The summed E-state index contributed by atoms with van der Waals surface area (Å²) in [5, 5.41) is 4.79. The Kier molecular flexibility index (Phi) is 5.91. The average Bonchev–Trinajstić information content (AvgIpc) is 2.98. The van der Waals surface area contributed by atoms with Crippen molar-refractivity contribution in [1.82, 2.24) is 15.0 Å². The summed E-state index contributed by atoms with van der Waals surface area (Å²) in [7, 11) is 1.94. The Morgan fingerprint density at radius 3 is 2.77 bits per heavy atom. The molecule has 0 spiro atoms. The van der Waals surface area contributed by atoms with E-state index in [1.807, 2.05) is 67.1 Å². The molecule has 0 fully saturated rings. The molecule has 7 heteroatoms. The number of ether oxygens (including phenoxy) is 1. The number of aryl methyl sites for hydroxylation is 1. The minimum Gasteiger partial charge on any atom is -0.494 e. The van der Waals surface area contributed by atoms with Crippen LogP contribution in [-0.4, -0.2) is 34.0 Å². The molecule has 134 valence electrons. The summed E-state index contributed by atoms with van der Waals surface area (Å²) in [6.07, 6.45) is 1.60. The molecule has 3 aromatic rings. The Balaban J connectivity index is 1.51. The van der Waals surface area contributed by atoms with Crippen molar-refractivity contribution in [2.24, 2.45) is 12.1 Å². The van der Waals surface area contributed by atoms with E-state index in [1.54, 1.807) is 6.21 Å². The molecule has 0 aliphatic heterocycles. The van der Waals surface area contributed by atoms with Gasteiger partial charge in [-0.05, 0) is 48.9 Å². The standard InChI is InChI=1S/C19H20N4O2S/c1-3-25-15-10-8-14(9-11-15)12-20-22-18(24)13-26-19-21-16-6-4-5-7-17(16)23(19)2/h4-12H,3,13H2,1-2H3,(H,22,24). The maximum absolute atomic E-state index is 12.0. The number of hydrazone groups is 1. The van der Waals surface area contributed by atoms with Crippen LogP contribution in [0, 0.1) is 0 Å². The molecule has 1 amide bonds. The van der Waals surface area contributed by atoms with Gasteiger partial charge in [-0.15, -0.1) is 0 Å². The molecule has 26 heavy (non-hydrogen) atoms. The van der Waals surface area contributed by atoms with Crippen molar-refractivity contribution in [3.8, 4) is 5.75 Å². The fourth-order valence-corrected chi connectivity index (χ4v) is 3.19. The van der Waals surface area contributed by atoms with Gasteiger partial charge in [-0.2, -0.15) is 5.10 Å². The largest absolute Gasteiger partial charge is 0.494 e. The summed E-state index contributed by atoms with van der Waals surface area (Å²) >= 11 is 1.38. The smallest absolute Gasteiger partial charge is 0.250 e. The van der Waals surface area contributed by atoms with Crippen LogP contribution in [0.1, 0.15) is 12.5 Å². The molecule has 0 atom stereocenters. The maximum atomic E-state index is 12.0. The minimum absolute atomic E-state index is 0.177. The number of rotatable bonds is 7. The fourth-order valence-electron chi connectivity index (χ4n) is 2.41. The van der Waals surface area contributed by atoms with Crippen molar-refractivity contribution in [3.63, 3.8) is 0 Å². The van der Waals surface area contributed by atoms with E-state index < -0.39 is 0 Å². The van der Waals surface area contributed by atoms with Gasteiger partial charge in [0.2, 0.25) is 0 Å². The highest BCUT2D eigenvalue weighted by molar-refractivity contribution is 7.99. The number of nitrogens with zero attached hydrogens (tertiary/aromatic N) is 3. The first-order valence-corrected chi connectivity index (χ1v) is 9.25. The third-order valence-electron chi connectivity index (χ3n) is 3.67. The highest BCUT2D eigenvalue weighted by Crippen LogP contribution is 2.22. The molecule has 0 unspecified atom stereocenters. The molecule has 6 nitrogen and oxygen atoms in total. The lowest BCUT2D eigenvalue weighted by atomic mass is 10.2. The van der Waals surface area contributed by atoms with Gasteiger partial charge in [-0.25, -0.2) is 10.4 Å². The van der Waals surface area contributed by atoms with Crippen LogP contribution < -0.4 is 10.2 Å². The molecular formula is C19H20N4O2S. The van der Waals surface area contributed by atoms with E-state index in [2.05, 4.69) is 15.5 Å². The zero-order chi connectivity index (χ0) is 18.4. The van der Waals surface area contributed by atoms with Gasteiger partial charge in [0.1, 0.15) is 5.75 Å². The Labute approximate surface area is 156 Å². The zero-order valence-corrected chi connectivity index (χ0v) is 15.5. The van der Waals surface area contributed by atoms with Crippen molar-refractivity contribution in [2.75, 3.05) is 12.4 Å². The molecule has 0 aliphatic rings. The highest BCUT2D eigenvalue weighted by atomic mass is 32.2. The lowest BCUT2D eigenvalue weighted by Gasteiger charge is -2.03. The first kappa shape index (κ1) is 18.0. The fraction of sp³-hybridized carbons (Fsp3) is 0.211. The average molecular weight is 368 g/mol. The number of hydrogen-bond acceptors (Lipinski definition) is 5. The normalized spacial score (nSPS) is 11.2. The molecule has 0 saturated carbocycles. The van der Waals surface area contributed by atoms with Crippen molar-refractivity contribution >= 4 is 34.9 Å². The van der Waals surface area contributed by atoms with Gasteiger partial charge in [0.25, 0.3) is 5.91 Å². The summed E-state index contributed by atoms with van der Waals surface area (Å²) in [4.78, 5) is 16.5. The number of benzene rings is 2. The lowest BCUT2D eigenvalue weighted by Crippen LogP contribution is -2.19. The van der Waals surface area contributed by atoms with E-state index in [1.165, 1.54) is 11.8 Å². The Morgan fingerprint density at radius 1 is 1.27 bits per heavy atom. The van der Waals surface area contributed by atoms with E-state index in [0.29, 0.717) is 6.61 Å². The van der Waals surface area contributed by atoms with E-state index in [4.69, 9.17) is 4.74 Å². The van der Waals surface area contributed by atoms with Gasteiger partial charge in [0.15, 0.2) is 5.16 Å². The SMILES string of the molecule is CCOc1ccc(C=NNC(=O)CSc2nc3ccccc3n2C)cc1. The van der Waals surface area contributed by atoms with Crippen molar-refractivity contribution < 1.29 is 9.53 Å². The van der Waals surface area contributed by atoms with Crippen LogP contribution in [0.15, 0.2) is 58.8 Å². The lowest BCUT2D eigenvalue weighted by molar-refractivity contribution is -0.118. The van der Waals surface area contributed by atoms with Gasteiger partial charge in [-0.3, -0.25) is 4.79 Å². The number of carbonyl (C=O) groups excluding carboxylic acids is 1. The molecule has 1 N–H and O–H groups in total. The van der Waals surface area contributed by atoms with E-state index in [-0.39, 0.29) is 11.7 Å². The van der Waals surface area contributed by atoms with Crippen molar-refractivity contribution in [2.45, 2.75) is 12.1 Å². The molecular weight excluding hydrogens is 348 g/mol. The van der Waals surface area contributed by atoms with Crippen molar-refractivity contribution in [1.29, 1.82) is 0 Å². The summed E-state index contributed by atoms with van der Waals surface area (Å²) in [5.41, 5.74) is 5.39. The first-order chi connectivity index (χ1) is 12.7. The van der Waals surface area contributed by atoms with Crippen molar-refractivity contribution in [3.05, 3.63) is 54.1 Å². The van der Waals surface area contributed by atoms with Crippen LogP contribution >= 0.6 is 11.8 Å². The number of imidazole rings is 1. The third kappa shape index (κ3) is 4.43. The molecule has 0 aliphatic carbocycles. The molecule has 3 rings (SSSR count). The van der Waals surface area contributed by atoms with Gasteiger partial charge in [0, 0.05) is 7.05 Å². The van der Waals surface area contributed by atoms with Crippen LogP contribution in [0.2, 0.25) is 0 Å². The van der Waals surface area contributed by atoms with Crippen LogP contribution in [0.5, 0.6) is 5.75 Å². The second kappa shape index (κ2) is 8.53. The van der Waals surface area contributed by atoms with Crippen LogP contribution in [-0.2, 0) is 11.8 Å². The maximum Gasteiger partial charge on any atom is 0.250 e. The molecule has 0 radical (unpaired) electrons. The van der Waals surface area contributed by atoms with Crippen LogP contribution in [0.3, 0.4) is 0 Å². The minimum atomic E-state index is -0.177. The number of hydrogen-bond donors (Lipinski definition) is 1. The summed E-state index contributed by atoms with van der Waals surface area (Å²) in [6.45, 7) is 2.57. The van der Waals surface area contributed by atoms with Gasteiger partial charge in [-0.1, -0.05) is 23.9 Å². The molecule has 0 saturated heterocycles. The first-order valence-electron chi connectivity index (χ1n) is 8.26. The number of thioether (sulfide) groups is 1. The topological polar surface area (TPSA) is 68.5 Å². The quantitative estimate of drug-likeness (QED) is 0.395. The van der Waals surface area contributed by atoms with E-state index in [0.717, 1.165) is 27.5 Å². The molecule has 2 aromatic carbocycles. The predicted molar refractivity (Wildman–Crippen MR) is 105 cm³/mol. The van der Waals surface area contributed by atoms with E-state index in [9.17, 15) is 4.79 Å². The Morgan fingerprint density at radius 2 is 2.04 bits per heavy atom. The number of fused-ring (bicyclic) bond motifs is 1. The van der Waals surface area contributed by atoms with Gasteiger partial charge < -0.3 is 9.30 Å². The number of carbonyl (C=O) groups is 1. The third-order valence-corrected chi connectivity index (χ3v) is 4.70. The molecule has 1 aromatic heterocycles. The predicted octanol–water partition coefficient (Wildman–Crippen LogP) is 3.21. The van der Waals surface area contributed by atoms with Gasteiger partial charge >= 0.3 is 0 Å². The number of amides is 1. The number of para-hydroxylation sites is 2. The van der Waals surface area contributed by atoms with Crippen LogP contribution in [0.25, 0.3) is 11.0 Å². The van der Waals surface area contributed by atoms with Crippen LogP contribution in [0.4, 0.5) is 0 Å². The monoisotopic (exact) mass is 368 g/mol. The summed E-state index contributed by atoms with van der Waals surface area (Å²) in [5.74, 6) is 0.884.